The fraction of sp³-hybridized carbons (Fsp3) is 0.292. The van der Waals surface area contributed by atoms with Crippen LogP contribution in [-0.2, 0) is 0 Å². The first-order chi connectivity index (χ1) is 11.9. The van der Waals surface area contributed by atoms with Gasteiger partial charge in [-0.15, -0.1) is 0 Å². The van der Waals surface area contributed by atoms with Crippen molar-refractivity contribution in [1.29, 1.82) is 5.41 Å². The van der Waals surface area contributed by atoms with Gasteiger partial charge in [-0.1, -0.05) is 48.9 Å². The Morgan fingerprint density at radius 3 is 2.20 bits per heavy atom. The molecule has 2 aromatic carbocycles. The first-order valence-corrected chi connectivity index (χ1v) is 8.97. The zero-order chi connectivity index (χ0) is 18.3. The van der Waals surface area contributed by atoms with Crippen LogP contribution in [0.2, 0.25) is 0 Å². The molecule has 0 saturated heterocycles. The van der Waals surface area contributed by atoms with E-state index in [1.165, 1.54) is 56.3 Å². The molecular weight excluding hydrogens is 302 g/mol. The third-order valence-corrected chi connectivity index (χ3v) is 5.82. The van der Waals surface area contributed by atoms with Gasteiger partial charge >= 0.3 is 0 Å². The molecule has 0 bridgehead atoms. The van der Waals surface area contributed by atoms with Gasteiger partial charge in [0.2, 0.25) is 0 Å². The highest BCUT2D eigenvalue weighted by molar-refractivity contribution is 5.97. The summed E-state index contributed by atoms with van der Waals surface area (Å²) in [7, 11) is 0. The van der Waals surface area contributed by atoms with E-state index in [4.69, 9.17) is 5.41 Å². The molecule has 128 valence electrons. The number of rotatable bonds is 3. The van der Waals surface area contributed by atoms with Crippen LogP contribution in [0, 0.1) is 32.1 Å². The van der Waals surface area contributed by atoms with Gasteiger partial charge in [0.1, 0.15) is 0 Å². The van der Waals surface area contributed by atoms with Crippen molar-refractivity contribution in [3.05, 3.63) is 75.4 Å². The Labute approximate surface area is 151 Å². The third kappa shape index (κ3) is 2.78. The summed E-state index contributed by atoms with van der Waals surface area (Å²) >= 11 is 0. The first kappa shape index (κ1) is 17.4. The highest BCUT2D eigenvalue weighted by Crippen LogP contribution is 2.43. The predicted molar refractivity (Wildman–Crippen MR) is 109 cm³/mol. The van der Waals surface area contributed by atoms with Crippen molar-refractivity contribution < 1.29 is 0 Å². The molecule has 1 unspecified atom stereocenters. The second-order valence-electron chi connectivity index (χ2n) is 7.27. The van der Waals surface area contributed by atoms with Crippen molar-refractivity contribution in [2.24, 2.45) is 5.92 Å². The van der Waals surface area contributed by atoms with E-state index in [1.54, 1.807) is 0 Å². The molecule has 1 nitrogen and oxygen atoms in total. The second-order valence-corrected chi connectivity index (χ2v) is 7.27. The molecule has 0 spiro atoms. The minimum absolute atomic E-state index is 0.381. The molecular formula is C24H27N. The highest BCUT2D eigenvalue weighted by Gasteiger charge is 2.24. The Hall–Kier alpha value is -2.41. The lowest BCUT2D eigenvalue weighted by Crippen LogP contribution is -2.03. The van der Waals surface area contributed by atoms with Crippen LogP contribution in [-0.4, -0.2) is 6.21 Å². The Balaban J connectivity index is 2.35. The maximum absolute atomic E-state index is 7.96. The SMILES string of the molecule is CC1=CC(C)C(c2c(C=N)cccc2-c2ccc(C)c(C)c2C)=C1C. The van der Waals surface area contributed by atoms with E-state index in [1.807, 2.05) is 0 Å². The van der Waals surface area contributed by atoms with Crippen molar-refractivity contribution in [3.63, 3.8) is 0 Å². The summed E-state index contributed by atoms with van der Waals surface area (Å²) in [6.07, 6.45) is 3.83. The summed E-state index contributed by atoms with van der Waals surface area (Å²) in [6, 6.07) is 10.8. The quantitative estimate of drug-likeness (QED) is 0.610. The molecule has 0 amide bonds. The number of benzene rings is 2. The van der Waals surface area contributed by atoms with E-state index in [-0.39, 0.29) is 0 Å². The predicted octanol–water partition coefficient (Wildman–Crippen LogP) is 6.65. The Morgan fingerprint density at radius 2 is 1.60 bits per heavy atom. The van der Waals surface area contributed by atoms with Gasteiger partial charge in [0.15, 0.2) is 0 Å². The van der Waals surface area contributed by atoms with Crippen LogP contribution in [0.25, 0.3) is 16.7 Å². The zero-order valence-corrected chi connectivity index (χ0v) is 16.1. The fourth-order valence-corrected chi connectivity index (χ4v) is 4.02. The minimum Gasteiger partial charge on any atom is -0.308 e. The normalized spacial score (nSPS) is 17.0. The van der Waals surface area contributed by atoms with E-state index >= 15 is 0 Å². The summed E-state index contributed by atoms with van der Waals surface area (Å²) < 4.78 is 0. The number of aryl methyl sites for hydroxylation is 1. The van der Waals surface area contributed by atoms with Crippen molar-refractivity contribution in [2.45, 2.75) is 41.5 Å². The maximum Gasteiger partial charge on any atom is 0.0256 e. The van der Waals surface area contributed by atoms with Crippen LogP contribution < -0.4 is 0 Å². The van der Waals surface area contributed by atoms with Crippen LogP contribution in [0.4, 0.5) is 0 Å². The van der Waals surface area contributed by atoms with E-state index in [9.17, 15) is 0 Å². The number of nitrogens with one attached hydrogen (secondary N) is 1. The summed E-state index contributed by atoms with van der Waals surface area (Å²) in [5.74, 6) is 0.381. The topological polar surface area (TPSA) is 23.9 Å². The van der Waals surface area contributed by atoms with Crippen molar-refractivity contribution in [3.8, 4) is 11.1 Å². The second kappa shape index (κ2) is 6.48. The molecule has 1 aliphatic rings. The van der Waals surface area contributed by atoms with Gasteiger partial charge in [0.05, 0.1) is 0 Å². The molecule has 0 saturated carbocycles. The molecule has 1 N–H and O–H groups in total. The standard InChI is InChI=1S/C24H27N/c1-14-10-11-21(19(6)17(14)4)22-9-7-8-20(13-25)24(22)23-16(3)12-15(2)18(23)5/h7-13,16,25H,1-6H3. The Kier molecular flexibility index (Phi) is 4.51. The molecule has 3 rings (SSSR count). The van der Waals surface area contributed by atoms with E-state index in [2.05, 4.69) is 78.0 Å². The smallest absolute Gasteiger partial charge is 0.0256 e. The molecule has 1 aliphatic carbocycles. The first-order valence-electron chi connectivity index (χ1n) is 8.97. The van der Waals surface area contributed by atoms with Crippen LogP contribution >= 0.6 is 0 Å². The molecule has 0 fully saturated rings. The van der Waals surface area contributed by atoms with Crippen molar-refractivity contribution in [1.82, 2.24) is 0 Å². The van der Waals surface area contributed by atoms with Crippen molar-refractivity contribution >= 4 is 11.8 Å². The molecule has 0 radical (unpaired) electrons. The van der Waals surface area contributed by atoms with Crippen molar-refractivity contribution in [2.75, 3.05) is 0 Å². The summed E-state index contributed by atoms with van der Waals surface area (Å²) in [5, 5.41) is 7.96. The van der Waals surface area contributed by atoms with Gasteiger partial charge in [-0.2, -0.15) is 0 Å². The molecule has 0 aromatic heterocycles. The van der Waals surface area contributed by atoms with Crippen LogP contribution in [0.15, 0.2) is 47.6 Å². The molecule has 1 atom stereocenters. The van der Waals surface area contributed by atoms with Gasteiger partial charge in [-0.3, -0.25) is 0 Å². The summed E-state index contributed by atoms with van der Waals surface area (Å²) in [4.78, 5) is 0. The zero-order valence-electron chi connectivity index (χ0n) is 16.1. The monoisotopic (exact) mass is 329 g/mol. The largest absolute Gasteiger partial charge is 0.308 e. The lowest BCUT2D eigenvalue weighted by Gasteiger charge is -2.21. The van der Waals surface area contributed by atoms with E-state index in [0.717, 1.165) is 5.56 Å². The van der Waals surface area contributed by atoms with E-state index in [0.29, 0.717) is 5.92 Å². The molecule has 0 heterocycles. The maximum atomic E-state index is 7.96. The average molecular weight is 329 g/mol. The molecule has 2 aromatic rings. The summed E-state index contributed by atoms with van der Waals surface area (Å²) in [6.45, 7) is 13.2. The Morgan fingerprint density at radius 1 is 0.880 bits per heavy atom. The van der Waals surface area contributed by atoms with Crippen LogP contribution in [0.3, 0.4) is 0 Å². The summed E-state index contributed by atoms with van der Waals surface area (Å²) in [5.41, 5.74) is 12.8. The van der Waals surface area contributed by atoms with Gasteiger partial charge in [-0.05, 0) is 79.1 Å². The fourth-order valence-electron chi connectivity index (χ4n) is 4.02. The minimum atomic E-state index is 0.381. The van der Waals surface area contributed by atoms with E-state index < -0.39 is 0 Å². The van der Waals surface area contributed by atoms with Gasteiger partial charge in [0, 0.05) is 17.7 Å². The lowest BCUT2D eigenvalue weighted by molar-refractivity contribution is 0.975. The molecule has 25 heavy (non-hydrogen) atoms. The highest BCUT2D eigenvalue weighted by atomic mass is 14.4. The third-order valence-electron chi connectivity index (χ3n) is 5.82. The Bertz CT molecular complexity index is 925. The van der Waals surface area contributed by atoms with Gasteiger partial charge in [0.25, 0.3) is 0 Å². The number of hydrogen-bond donors (Lipinski definition) is 1. The molecule has 0 aliphatic heterocycles. The van der Waals surface area contributed by atoms with Crippen LogP contribution in [0.1, 0.15) is 48.6 Å². The number of hydrogen-bond acceptors (Lipinski definition) is 1. The average Bonchev–Trinajstić information content (AvgIpc) is 2.84. The number of allylic oxidation sites excluding steroid dienone is 4. The van der Waals surface area contributed by atoms with Crippen LogP contribution in [0.5, 0.6) is 0 Å². The van der Waals surface area contributed by atoms with Gasteiger partial charge in [-0.25, -0.2) is 0 Å². The molecule has 1 heteroatoms. The van der Waals surface area contributed by atoms with Gasteiger partial charge < -0.3 is 5.41 Å². The lowest BCUT2D eigenvalue weighted by atomic mass is 9.83.